The van der Waals surface area contributed by atoms with E-state index in [2.05, 4.69) is 121 Å². The summed E-state index contributed by atoms with van der Waals surface area (Å²) in [6.07, 6.45) is 0. The Hall–Kier alpha value is -5.93. The fourth-order valence-electron chi connectivity index (χ4n) is 5.79. The smallest absolute Gasteiger partial charge is 0.160 e. The second kappa shape index (κ2) is 11.0. The van der Waals surface area contributed by atoms with E-state index in [0.717, 1.165) is 55.4 Å². The summed E-state index contributed by atoms with van der Waals surface area (Å²) in [4.78, 5) is 15.4. The van der Waals surface area contributed by atoms with Crippen molar-refractivity contribution in [1.29, 1.82) is 0 Å². The minimum absolute atomic E-state index is 0.688. The summed E-state index contributed by atoms with van der Waals surface area (Å²) in [6, 6.07) is 56.8. The van der Waals surface area contributed by atoms with Crippen molar-refractivity contribution in [2.75, 3.05) is 0 Å². The molecule has 0 aliphatic heterocycles. The summed E-state index contributed by atoms with van der Waals surface area (Å²) in [6.45, 7) is 0. The zero-order chi connectivity index (χ0) is 29.3. The van der Waals surface area contributed by atoms with Crippen LogP contribution >= 0.6 is 0 Å². The maximum atomic E-state index is 5.14. The molecule has 2 aromatic heterocycles. The van der Waals surface area contributed by atoms with Gasteiger partial charge in [-0.25, -0.2) is 15.0 Å². The van der Waals surface area contributed by atoms with Gasteiger partial charge in [0.05, 0.1) is 16.9 Å². The molecule has 206 valence electrons. The number of nitrogens with zero attached hydrogens (tertiary/aromatic N) is 3. The lowest BCUT2D eigenvalue weighted by Gasteiger charge is -2.12. The Bertz CT molecular complexity index is 2230. The van der Waals surface area contributed by atoms with Crippen LogP contribution in [0, 0.1) is 0 Å². The van der Waals surface area contributed by atoms with Crippen molar-refractivity contribution in [1.82, 2.24) is 15.0 Å². The van der Waals surface area contributed by atoms with Crippen molar-refractivity contribution < 1.29 is 0 Å². The molecule has 8 rings (SSSR count). The van der Waals surface area contributed by atoms with E-state index in [1.165, 1.54) is 16.7 Å². The molecule has 2 heterocycles. The van der Waals surface area contributed by atoms with Crippen molar-refractivity contribution >= 4 is 21.8 Å². The maximum absolute atomic E-state index is 5.14. The van der Waals surface area contributed by atoms with Gasteiger partial charge >= 0.3 is 0 Å². The summed E-state index contributed by atoms with van der Waals surface area (Å²) in [5, 5.41) is 2.03. The topological polar surface area (TPSA) is 38.7 Å². The first kappa shape index (κ1) is 25.8. The van der Waals surface area contributed by atoms with Crippen LogP contribution in [0.2, 0.25) is 0 Å². The predicted molar refractivity (Wildman–Crippen MR) is 182 cm³/mol. The SMILES string of the molecule is c1ccc(-c2ccc(-c3ccc(-c4nc(-c5ccccc5)nc5c4ccc4ccc(-c6ccccc6)nc45)cc3)cc2)cc1. The standard InChI is InChI=1S/C41H27N3/c1-4-10-28(11-5-1)29-16-18-30(19-17-29)31-20-22-33(23-21-31)38-36-26-24-34-25-27-37(32-12-6-2-7-13-32)42-39(34)40(36)44-41(43-38)35-14-8-3-9-15-35/h1-27H. The van der Waals surface area contributed by atoms with Gasteiger partial charge in [0, 0.05) is 27.5 Å². The summed E-state index contributed by atoms with van der Waals surface area (Å²) >= 11 is 0. The molecule has 0 bridgehead atoms. The number of benzene rings is 6. The van der Waals surface area contributed by atoms with Crippen LogP contribution in [0.3, 0.4) is 0 Å². The number of hydrogen-bond acceptors (Lipinski definition) is 3. The van der Waals surface area contributed by atoms with Crippen molar-refractivity contribution in [3.05, 3.63) is 164 Å². The number of hydrogen-bond donors (Lipinski definition) is 0. The predicted octanol–water partition coefficient (Wildman–Crippen LogP) is 10.5. The third-order valence-corrected chi connectivity index (χ3v) is 8.11. The average Bonchev–Trinajstić information content (AvgIpc) is 3.12. The lowest BCUT2D eigenvalue weighted by Crippen LogP contribution is -1.97. The molecular formula is C41H27N3. The molecule has 0 N–H and O–H groups in total. The minimum atomic E-state index is 0.688. The molecule has 6 aromatic carbocycles. The quantitative estimate of drug-likeness (QED) is 0.196. The van der Waals surface area contributed by atoms with Crippen molar-refractivity contribution in [2.24, 2.45) is 0 Å². The summed E-state index contributed by atoms with van der Waals surface area (Å²) in [5.41, 5.74) is 11.4. The molecule has 0 radical (unpaired) electrons. The van der Waals surface area contributed by atoms with Gasteiger partial charge in [0.15, 0.2) is 5.82 Å². The normalized spacial score (nSPS) is 11.2. The molecule has 0 atom stereocenters. The van der Waals surface area contributed by atoms with E-state index in [1.54, 1.807) is 0 Å². The Morgan fingerprint density at radius 1 is 0.295 bits per heavy atom. The Kier molecular flexibility index (Phi) is 6.47. The highest BCUT2D eigenvalue weighted by Gasteiger charge is 2.15. The van der Waals surface area contributed by atoms with E-state index in [1.807, 2.05) is 42.5 Å². The summed E-state index contributed by atoms with van der Waals surface area (Å²) < 4.78 is 0. The minimum Gasteiger partial charge on any atom is -0.245 e. The molecule has 0 unspecified atom stereocenters. The number of aromatic nitrogens is 3. The van der Waals surface area contributed by atoms with Gasteiger partial charge in [0.25, 0.3) is 0 Å². The third-order valence-electron chi connectivity index (χ3n) is 8.11. The molecule has 0 saturated carbocycles. The Morgan fingerprint density at radius 2 is 0.773 bits per heavy atom. The molecular weight excluding hydrogens is 534 g/mol. The van der Waals surface area contributed by atoms with Gasteiger partial charge in [0.1, 0.15) is 5.52 Å². The van der Waals surface area contributed by atoms with Gasteiger partial charge in [-0.15, -0.1) is 0 Å². The van der Waals surface area contributed by atoms with Crippen LogP contribution < -0.4 is 0 Å². The van der Waals surface area contributed by atoms with Gasteiger partial charge in [-0.1, -0.05) is 152 Å². The van der Waals surface area contributed by atoms with Crippen LogP contribution in [0.15, 0.2) is 164 Å². The zero-order valence-electron chi connectivity index (χ0n) is 23.9. The van der Waals surface area contributed by atoms with Crippen LogP contribution in [0.5, 0.6) is 0 Å². The van der Waals surface area contributed by atoms with Crippen LogP contribution in [-0.4, -0.2) is 15.0 Å². The average molecular weight is 562 g/mol. The number of pyridine rings is 1. The second-order valence-electron chi connectivity index (χ2n) is 10.9. The van der Waals surface area contributed by atoms with Crippen LogP contribution in [0.4, 0.5) is 0 Å². The van der Waals surface area contributed by atoms with E-state index in [9.17, 15) is 0 Å². The maximum Gasteiger partial charge on any atom is 0.160 e. The first-order chi connectivity index (χ1) is 21.8. The van der Waals surface area contributed by atoms with E-state index >= 15 is 0 Å². The van der Waals surface area contributed by atoms with E-state index in [0.29, 0.717) is 5.82 Å². The molecule has 0 amide bonds. The molecule has 0 aliphatic carbocycles. The van der Waals surface area contributed by atoms with Gasteiger partial charge in [0.2, 0.25) is 0 Å². The highest BCUT2D eigenvalue weighted by Crippen LogP contribution is 2.35. The highest BCUT2D eigenvalue weighted by atomic mass is 14.9. The number of rotatable bonds is 5. The largest absolute Gasteiger partial charge is 0.245 e. The monoisotopic (exact) mass is 561 g/mol. The Labute approximate surface area is 256 Å². The third kappa shape index (κ3) is 4.81. The molecule has 8 aromatic rings. The molecule has 0 spiro atoms. The summed E-state index contributed by atoms with van der Waals surface area (Å²) in [7, 11) is 0. The van der Waals surface area contributed by atoms with E-state index < -0.39 is 0 Å². The molecule has 0 saturated heterocycles. The molecule has 0 aliphatic rings. The second-order valence-corrected chi connectivity index (χ2v) is 10.9. The first-order valence-corrected chi connectivity index (χ1v) is 14.8. The lowest BCUT2D eigenvalue weighted by atomic mass is 9.98. The van der Waals surface area contributed by atoms with E-state index in [-0.39, 0.29) is 0 Å². The Balaban J connectivity index is 1.25. The van der Waals surface area contributed by atoms with Crippen molar-refractivity contribution in [3.63, 3.8) is 0 Å². The Morgan fingerprint density at radius 3 is 1.36 bits per heavy atom. The molecule has 0 fully saturated rings. The van der Waals surface area contributed by atoms with Crippen LogP contribution in [0.25, 0.3) is 78.0 Å². The fourth-order valence-corrected chi connectivity index (χ4v) is 5.79. The molecule has 44 heavy (non-hydrogen) atoms. The van der Waals surface area contributed by atoms with Crippen molar-refractivity contribution in [3.8, 4) is 56.2 Å². The molecule has 3 heteroatoms. The zero-order valence-corrected chi connectivity index (χ0v) is 23.9. The van der Waals surface area contributed by atoms with Gasteiger partial charge < -0.3 is 0 Å². The van der Waals surface area contributed by atoms with Gasteiger partial charge in [-0.3, -0.25) is 0 Å². The highest BCUT2D eigenvalue weighted by molar-refractivity contribution is 6.08. The van der Waals surface area contributed by atoms with Gasteiger partial charge in [-0.2, -0.15) is 0 Å². The van der Waals surface area contributed by atoms with Crippen LogP contribution in [0.1, 0.15) is 0 Å². The number of fused-ring (bicyclic) bond motifs is 3. The van der Waals surface area contributed by atoms with Crippen LogP contribution in [-0.2, 0) is 0 Å². The molecule has 3 nitrogen and oxygen atoms in total. The van der Waals surface area contributed by atoms with Gasteiger partial charge in [-0.05, 0) is 34.4 Å². The fraction of sp³-hybridized carbons (Fsp3) is 0. The lowest BCUT2D eigenvalue weighted by molar-refractivity contribution is 1.23. The first-order valence-electron chi connectivity index (χ1n) is 14.8. The summed E-state index contributed by atoms with van der Waals surface area (Å²) in [5.74, 6) is 0.688. The van der Waals surface area contributed by atoms with Crippen molar-refractivity contribution in [2.45, 2.75) is 0 Å². The van der Waals surface area contributed by atoms with E-state index in [4.69, 9.17) is 15.0 Å².